The number of carbonyl (C=O) groups excluding carboxylic acids is 1. The summed E-state index contributed by atoms with van der Waals surface area (Å²) >= 11 is 0. The predicted molar refractivity (Wildman–Crippen MR) is 78.6 cm³/mol. The quantitative estimate of drug-likeness (QED) is 0.874. The number of hydrogen-bond donors (Lipinski definition) is 0. The molecule has 0 fully saturated rings. The van der Waals surface area contributed by atoms with Gasteiger partial charge in [-0.1, -0.05) is 35.9 Å². The number of nitrogens with zero attached hydrogens (tertiary/aromatic N) is 1. The van der Waals surface area contributed by atoms with Crippen LogP contribution in [0.3, 0.4) is 0 Å². The zero-order chi connectivity index (χ0) is 15.5. The summed E-state index contributed by atoms with van der Waals surface area (Å²) in [7, 11) is -2.75. The molecule has 2 aromatic carbocycles. The van der Waals surface area contributed by atoms with Crippen LogP contribution in [0.1, 0.15) is 5.56 Å². The number of rotatable bonds is 3. The lowest BCUT2D eigenvalue weighted by atomic mass is 10.2. The van der Waals surface area contributed by atoms with Crippen LogP contribution in [-0.4, -0.2) is 25.9 Å². The highest BCUT2D eigenvalue weighted by Crippen LogP contribution is 2.17. The van der Waals surface area contributed by atoms with E-state index in [0.717, 1.165) is 5.56 Å². The molecule has 0 saturated heterocycles. The molecule has 0 atom stereocenters. The molecule has 0 aliphatic heterocycles. The second-order valence-electron chi connectivity index (χ2n) is 4.47. The van der Waals surface area contributed by atoms with Gasteiger partial charge in [-0.25, -0.2) is 17.5 Å². The van der Waals surface area contributed by atoms with Crippen molar-refractivity contribution in [3.05, 3.63) is 60.2 Å². The maximum absolute atomic E-state index is 12.3. The Morgan fingerprint density at radius 2 is 1.57 bits per heavy atom. The average Bonchev–Trinajstić information content (AvgIpc) is 2.48. The predicted octanol–water partition coefficient (Wildman–Crippen LogP) is 2.81. The minimum Gasteiger partial charge on any atom is -0.410 e. The molecule has 0 N–H and O–H groups in total. The van der Waals surface area contributed by atoms with E-state index in [9.17, 15) is 13.2 Å². The molecule has 0 aliphatic rings. The second-order valence-corrected chi connectivity index (χ2v) is 6.44. The number of aryl methyl sites for hydroxylation is 1. The highest BCUT2D eigenvalue weighted by Gasteiger charge is 2.27. The summed E-state index contributed by atoms with van der Waals surface area (Å²) in [6.07, 6.45) is -0.957. The van der Waals surface area contributed by atoms with Gasteiger partial charge in [0.15, 0.2) is 0 Å². The van der Waals surface area contributed by atoms with Gasteiger partial charge in [-0.2, -0.15) is 0 Å². The van der Waals surface area contributed by atoms with E-state index in [2.05, 4.69) is 0 Å². The zero-order valence-electron chi connectivity index (χ0n) is 11.7. The van der Waals surface area contributed by atoms with Crippen LogP contribution >= 0.6 is 0 Å². The fourth-order valence-electron chi connectivity index (χ4n) is 1.62. The SMILES string of the molecule is Cc1ccc(S(=O)(=O)N(C)C(=O)Oc2ccccc2)cc1. The van der Waals surface area contributed by atoms with E-state index in [1.165, 1.54) is 19.2 Å². The lowest BCUT2D eigenvalue weighted by molar-refractivity contribution is 0.184. The maximum atomic E-state index is 12.3. The second kappa shape index (κ2) is 5.97. The molecule has 0 saturated carbocycles. The van der Waals surface area contributed by atoms with Crippen LogP contribution in [0.2, 0.25) is 0 Å². The van der Waals surface area contributed by atoms with Crippen molar-refractivity contribution in [2.45, 2.75) is 11.8 Å². The van der Waals surface area contributed by atoms with Crippen molar-refractivity contribution < 1.29 is 17.9 Å². The first kappa shape index (κ1) is 15.1. The summed E-state index contributed by atoms with van der Waals surface area (Å²) in [6, 6.07) is 14.5. The number of hydrogen-bond acceptors (Lipinski definition) is 4. The maximum Gasteiger partial charge on any atom is 0.429 e. The molecule has 110 valence electrons. The summed E-state index contributed by atoms with van der Waals surface area (Å²) < 4.78 is 30.2. The van der Waals surface area contributed by atoms with Crippen LogP contribution in [0.5, 0.6) is 5.75 Å². The summed E-state index contributed by atoms with van der Waals surface area (Å²) in [5.41, 5.74) is 0.934. The van der Waals surface area contributed by atoms with Crippen molar-refractivity contribution in [2.24, 2.45) is 0 Å². The molecule has 0 unspecified atom stereocenters. The molecule has 2 rings (SSSR count). The molecule has 0 aliphatic carbocycles. The van der Waals surface area contributed by atoms with E-state index < -0.39 is 16.1 Å². The zero-order valence-corrected chi connectivity index (χ0v) is 12.5. The van der Waals surface area contributed by atoms with Crippen LogP contribution in [0, 0.1) is 6.92 Å². The van der Waals surface area contributed by atoms with E-state index in [1.807, 2.05) is 6.92 Å². The fourth-order valence-corrected chi connectivity index (χ4v) is 2.65. The topological polar surface area (TPSA) is 63.7 Å². The van der Waals surface area contributed by atoms with Crippen molar-refractivity contribution in [3.63, 3.8) is 0 Å². The van der Waals surface area contributed by atoms with Crippen molar-refractivity contribution in [1.82, 2.24) is 4.31 Å². The molecular weight excluding hydrogens is 290 g/mol. The van der Waals surface area contributed by atoms with Crippen molar-refractivity contribution in [1.29, 1.82) is 0 Å². The van der Waals surface area contributed by atoms with E-state index >= 15 is 0 Å². The Hall–Kier alpha value is -2.34. The molecule has 6 heteroatoms. The van der Waals surface area contributed by atoms with Gasteiger partial charge in [-0.3, -0.25) is 0 Å². The molecule has 0 heterocycles. The Kier molecular flexibility index (Phi) is 4.28. The minimum atomic E-state index is -3.92. The Balaban J connectivity index is 2.20. The number of carbonyl (C=O) groups is 1. The molecule has 1 amide bonds. The smallest absolute Gasteiger partial charge is 0.410 e. The Morgan fingerprint density at radius 3 is 2.14 bits per heavy atom. The van der Waals surface area contributed by atoms with E-state index in [-0.39, 0.29) is 10.6 Å². The first-order valence-electron chi connectivity index (χ1n) is 6.24. The van der Waals surface area contributed by atoms with Gasteiger partial charge in [-0.15, -0.1) is 0 Å². The van der Waals surface area contributed by atoms with Gasteiger partial charge in [0.05, 0.1) is 4.90 Å². The average molecular weight is 305 g/mol. The van der Waals surface area contributed by atoms with Crippen LogP contribution in [0.4, 0.5) is 4.79 Å². The highest BCUT2D eigenvalue weighted by molar-refractivity contribution is 7.89. The summed E-state index contributed by atoms with van der Waals surface area (Å²) in [6.45, 7) is 1.85. The van der Waals surface area contributed by atoms with Gasteiger partial charge in [0.1, 0.15) is 5.75 Å². The molecule has 2 aromatic rings. The molecule has 5 nitrogen and oxygen atoms in total. The van der Waals surface area contributed by atoms with Crippen LogP contribution in [0.25, 0.3) is 0 Å². The Labute approximate surface area is 123 Å². The van der Waals surface area contributed by atoms with Gasteiger partial charge in [0, 0.05) is 7.05 Å². The van der Waals surface area contributed by atoms with Gasteiger partial charge >= 0.3 is 6.09 Å². The van der Waals surface area contributed by atoms with Gasteiger partial charge < -0.3 is 4.74 Å². The fraction of sp³-hybridized carbons (Fsp3) is 0.133. The minimum absolute atomic E-state index is 0.0422. The van der Waals surface area contributed by atoms with Crippen molar-refractivity contribution in [2.75, 3.05) is 7.05 Å². The third kappa shape index (κ3) is 3.41. The molecule has 0 radical (unpaired) electrons. The molecular formula is C15H15NO4S. The molecule has 0 aromatic heterocycles. The summed E-state index contributed by atoms with van der Waals surface area (Å²) in [4.78, 5) is 12.0. The van der Waals surface area contributed by atoms with Gasteiger partial charge in [-0.05, 0) is 31.2 Å². The first-order valence-corrected chi connectivity index (χ1v) is 7.68. The third-order valence-corrected chi connectivity index (χ3v) is 4.62. The van der Waals surface area contributed by atoms with E-state index in [4.69, 9.17) is 4.74 Å². The lowest BCUT2D eigenvalue weighted by Crippen LogP contribution is -2.35. The number of benzene rings is 2. The van der Waals surface area contributed by atoms with E-state index in [1.54, 1.807) is 42.5 Å². The number of amides is 1. The normalized spacial score (nSPS) is 11.0. The molecule has 0 spiro atoms. The largest absolute Gasteiger partial charge is 0.429 e. The molecule has 0 bridgehead atoms. The first-order chi connectivity index (χ1) is 9.91. The van der Waals surface area contributed by atoms with Crippen LogP contribution in [-0.2, 0) is 10.0 Å². The van der Waals surface area contributed by atoms with Crippen LogP contribution in [0.15, 0.2) is 59.5 Å². The van der Waals surface area contributed by atoms with E-state index in [0.29, 0.717) is 4.31 Å². The standard InChI is InChI=1S/C15H15NO4S/c1-12-8-10-14(11-9-12)21(18,19)16(2)15(17)20-13-6-4-3-5-7-13/h3-11H,1-2H3. The third-order valence-electron chi connectivity index (χ3n) is 2.88. The lowest BCUT2D eigenvalue weighted by Gasteiger charge is -2.17. The summed E-state index contributed by atoms with van der Waals surface area (Å²) in [5.74, 6) is 0.286. The number of para-hydroxylation sites is 1. The highest BCUT2D eigenvalue weighted by atomic mass is 32.2. The van der Waals surface area contributed by atoms with Gasteiger partial charge in [0.25, 0.3) is 10.0 Å². The summed E-state index contributed by atoms with van der Waals surface area (Å²) in [5, 5.41) is 0. The number of sulfonamides is 1. The number of ether oxygens (including phenoxy) is 1. The Morgan fingerprint density at radius 1 is 1.00 bits per heavy atom. The van der Waals surface area contributed by atoms with Crippen molar-refractivity contribution >= 4 is 16.1 Å². The monoisotopic (exact) mass is 305 g/mol. The van der Waals surface area contributed by atoms with Crippen molar-refractivity contribution in [3.8, 4) is 5.75 Å². The Bertz CT molecular complexity index is 724. The molecule has 21 heavy (non-hydrogen) atoms. The van der Waals surface area contributed by atoms with Gasteiger partial charge in [0.2, 0.25) is 0 Å². The van der Waals surface area contributed by atoms with Crippen LogP contribution < -0.4 is 4.74 Å².